The van der Waals surface area contributed by atoms with Gasteiger partial charge in [-0.3, -0.25) is 4.98 Å². The molecule has 0 aliphatic rings. The van der Waals surface area contributed by atoms with Crippen molar-refractivity contribution in [3.05, 3.63) is 52.8 Å². The molecule has 0 radical (unpaired) electrons. The van der Waals surface area contributed by atoms with Gasteiger partial charge in [0.05, 0.1) is 22.6 Å². The maximum absolute atomic E-state index is 6.02. The summed E-state index contributed by atoms with van der Waals surface area (Å²) in [4.78, 5) is 3.98. The van der Waals surface area contributed by atoms with Crippen LogP contribution in [0.4, 0.5) is 11.4 Å². The van der Waals surface area contributed by atoms with E-state index in [0.29, 0.717) is 20.8 Å². The van der Waals surface area contributed by atoms with E-state index in [4.69, 9.17) is 35.4 Å². The Balaban J connectivity index is 2.05. The van der Waals surface area contributed by atoms with Gasteiger partial charge < -0.3 is 10.6 Å². The third kappa shape index (κ3) is 3.57. The molecule has 0 atom stereocenters. The number of nitrogens with one attached hydrogen (secondary N) is 2. The van der Waals surface area contributed by atoms with Crippen molar-refractivity contribution in [1.29, 1.82) is 0 Å². The first-order chi connectivity index (χ1) is 8.65. The highest BCUT2D eigenvalue weighted by atomic mass is 35.5. The first kappa shape index (κ1) is 13.1. The van der Waals surface area contributed by atoms with Crippen LogP contribution in [0.5, 0.6) is 0 Å². The lowest BCUT2D eigenvalue weighted by Crippen LogP contribution is -2.19. The van der Waals surface area contributed by atoms with E-state index >= 15 is 0 Å². The summed E-state index contributed by atoms with van der Waals surface area (Å²) in [6.45, 7) is 0. The number of aromatic nitrogens is 1. The van der Waals surface area contributed by atoms with Crippen LogP contribution >= 0.6 is 35.4 Å². The summed E-state index contributed by atoms with van der Waals surface area (Å²) in [6.07, 6.45) is 3.36. The summed E-state index contributed by atoms with van der Waals surface area (Å²) >= 11 is 17.1. The van der Waals surface area contributed by atoms with Crippen LogP contribution in [-0.4, -0.2) is 10.1 Å². The second-order valence-electron chi connectivity index (χ2n) is 3.44. The van der Waals surface area contributed by atoms with E-state index in [0.717, 1.165) is 5.69 Å². The number of nitrogens with zero attached hydrogens (tertiary/aromatic N) is 1. The highest BCUT2D eigenvalue weighted by molar-refractivity contribution is 7.80. The van der Waals surface area contributed by atoms with E-state index in [1.165, 1.54) is 0 Å². The monoisotopic (exact) mass is 297 g/mol. The summed E-state index contributed by atoms with van der Waals surface area (Å²) < 4.78 is 0. The Morgan fingerprint density at radius 3 is 2.72 bits per heavy atom. The van der Waals surface area contributed by atoms with Crippen LogP contribution in [0.25, 0.3) is 0 Å². The minimum absolute atomic E-state index is 0.423. The zero-order valence-corrected chi connectivity index (χ0v) is 11.5. The Morgan fingerprint density at radius 1 is 1.17 bits per heavy atom. The lowest BCUT2D eigenvalue weighted by atomic mass is 10.3. The van der Waals surface area contributed by atoms with Gasteiger partial charge in [0, 0.05) is 11.2 Å². The number of anilines is 2. The Hall–Kier alpha value is -1.36. The van der Waals surface area contributed by atoms with Crippen molar-refractivity contribution in [1.82, 2.24) is 4.98 Å². The molecule has 0 saturated heterocycles. The zero-order valence-electron chi connectivity index (χ0n) is 9.15. The minimum Gasteiger partial charge on any atom is -0.331 e. The molecule has 2 N–H and O–H groups in total. The van der Waals surface area contributed by atoms with Crippen LogP contribution in [0.3, 0.4) is 0 Å². The van der Waals surface area contributed by atoms with E-state index in [2.05, 4.69) is 15.6 Å². The predicted molar refractivity (Wildman–Crippen MR) is 80.5 cm³/mol. The fourth-order valence-corrected chi connectivity index (χ4v) is 1.88. The molecule has 1 heterocycles. The largest absolute Gasteiger partial charge is 0.331 e. The highest BCUT2D eigenvalue weighted by Gasteiger charge is 2.04. The number of benzene rings is 1. The topological polar surface area (TPSA) is 37.0 Å². The van der Waals surface area contributed by atoms with Crippen LogP contribution in [0.1, 0.15) is 0 Å². The number of rotatable bonds is 2. The van der Waals surface area contributed by atoms with Crippen molar-refractivity contribution < 1.29 is 0 Å². The molecule has 0 fully saturated rings. The molecule has 0 bridgehead atoms. The van der Waals surface area contributed by atoms with Gasteiger partial charge in [-0.05, 0) is 42.5 Å². The van der Waals surface area contributed by atoms with Gasteiger partial charge in [0.2, 0.25) is 0 Å². The van der Waals surface area contributed by atoms with Gasteiger partial charge in [0.1, 0.15) is 0 Å². The first-order valence-corrected chi connectivity index (χ1v) is 6.24. The summed E-state index contributed by atoms with van der Waals surface area (Å²) in [7, 11) is 0. The van der Waals surface area contributed by atoms with Crippen LogP contribution in [-0.2, 0) is 0 Å². The van der Waals surface area contributed by atoms with Crippen LogP contribution in [0, 0.1) is 0 Å². The van der Waals surface area contributed by atoms with Crippen molar-refractivity contribution in [3.8, 4) is 0 Å². The molecule has 92 valence electrons. The second kappa shape index (κ2) is 6.00. The Labute approximate surface area is 120 Å². The number of pyridine rings is 1. The second-order valence-corrected chi connectivity index (χ2v) is 4.70. The maximum atomic E-state index is 6.02. The van der Waals surface area contributed by atoms with Gasteiger partial charge in [0.15, 0.2) is 5.11 Å². The first-order valence-electron chi connectivity index (χ1n) is 5.08. The van der Waals surface area contributed by atoms with Gasteiger partial charge in [-0.25, -0.2) is 0 Å². The molecule has 2 rings (SSSR count). The normalized spacial score (nSPS) is 9.89. The van der Waals surface area contributed by atoms with Gasteiger partial charge in [-0.2, -0.15) is 0 Å². The van der Waals surface area contributed by atoms with E-state index in [1.807, 2.05) is 12.1 Å². The van der Waals surface area contributed by atoms with E-state index in [1.54, 1.807) is 30.6 Å². The third-order valence-electron chi connectivity index (χ3n) is 2.10. The molecule has 0 spiro atoms. The molecule has 0 saturated carbocycles. The number of hydrogen-bond donors (Lipinski definition) is 2. The maximum Gasteiger partial charge on any atom is 0.175 e. The van der Waals surface area contributed by atoms with Gasteiger partial charge in [-0.15, -0.1) is 0 Å². The molecule has 1 aromatic carbocycles. The van der Waals surface area contributed by atoms with E-state index < -0.39 is 0 Å². The Kier molecular flexibility index (Phi) is 4.36. The molecule has 1 aromatic heterocycles. The minimum atomic E-state index is 0.423. The summed E-state index contributed by atoms with van der Waals surface area (Å²) in [5.41, 5.74) is 1.46. The van der Waals surface area contributed by atoms with Crippen molar-refractivity contribution in [3.63, 3.8) is 0 Å². The average molecular weight is 298 g/mol. The van der Waals surface area contributed by atoms with Gasteiger partial charge in [0.25, 0.3) is 0 Å². The van der Waals surface area contributed by atoms with Crippen molar-refractivity contribution in [2.75, 3.05) is 10.6 Å². The van der Waals surface area contributed by atoms with Crippen molar-refractivity contribution in [2.45, 2.75) is 0 Å². The average Bonchev–Trinajstić information content (AvgIpc) is 2.35. The molecule has 0 aliphatic carbocycles. The van der Waals surface area contributed by atoms with Crippen molar-refractivity contribution >= 4 is 51.9 Å². The zero-order chi connectivity index (χ0) is 13.0. The lowest BCUT2D eigenvalue weighted by molar-refractivity contribution is 1.33. The van der Waals surface area contributed by atoms with E-state index in [9.17, 15) is 0 Å². The smallest absolute Gasteiger partial charge is 0.175 e. The summed E-state index contributed by atoms with van der Waals surface area (Å²) in [5, 5.41) is 7.53. The lowest BCUT2D eigenvalue weighted by Gasteiger charge is -2.11. The molecule has 6 heteroatoms. The molecule has 3 nitrogen and oxygen atoms in total. The molecular weight excluding hydrogens is 289 g/mol. The number of hydrogen-bond acceptors (Lipinski definition) is 2. The molecule has 0 unspecified atom stereocenters. The number of halogens is 2. The number of thiocarbonyl (C=S) groups is 1. The van der Waals surface area contributed by atoms with Crippen LogP contribution in [0.15, 0.2) is 42.7 Å². The van der Waals surface area contributed by atoms with Gasteiger partial charge >= 0.3 is 0 Å². The van der Waals surface area contributed by atoms with Gasteiger partial charge in [-0.1, -0.05) is 23.2 Å². The van der Waals surface area contributed by atoms with Crippen LogP contribution < -0.4 is 10.6 Å². The fourth-order valence-electron chi connectivity index (χ4n) is 1.31. The molecular formula is C12H9Cl2N3S. The molecule has 2 aromatic rings. The highest BCUT2D eigenvalue weighted by Crippen LogP contribution is 2.25. The third-order valence-corrected chi connectivity index (χ3v) is 2.86. The quantitative estimate of drug-likeness (QED) is 0.815. The fraction of sp³-hybridized carbons (Fsp3) is 0. The van der Waals surface area contributed by atoms with E-state index in [-0.39, 0.29) is 0 Å². The summed E-state index contributed by atoms with van der Waals surface area (Å²) in [5.74, 6) is 0. The Bertz CT molecular complexity index is 561. The Morgan fingerprint density at radius 2 is 2.00 bits per heavy atom. The molecule has 0 aliphatic heterocycles. The van der Waals surface area contributed by atoms with Crippen LogP contribution in [0.2, 0.25) is 10.0 Å². The van der Waals surface area contributed by atoms with Crippen molar-refractivity contribution in [2.24, 2.45) is 0 Å². The SMILES string of the molecule is S=C(Nc1cccnc1)Nc1cc(Cl)ccc1Cl. The predicted octanol–water partition coefficient (Wildman–Crippen LogP) is 4.20. The molecule has 0 amide bonds. The summed E-state index contributed by atoms with van der Waals surface area (Å²) in [6, 6.07) is 8.81. The standard InChI is InChI=1S/C12H9Cl2N3S/c13-8-3-4-10(14)11(6-8)17-12(18)16-9-2-1-5-15-7-9/h1-7H,(H2,16,17,18). The molecule has 18 heavy (non-hydrogen) atoms.